The van der Waals surface area contributed by atoms with E-state index in [1.54, 1.807) is 36.4 Å². The number of hydrogen-bond acceptors (Lipinski definition) is 6. The lowest BCUT2D eigenvalue weighted by molar-refractivity contribution is -0.120. The molecule has 11 heteroatoms. The number of halogens is 1. The van der Waals surface area contributed by atoms with Crippen molar-refractivity contribution in [1.29, 1.82) is 0 Å². The molecule has 1 N–H and O–H groups in total. The molecule has 1 atom stereocenters. The molecule has 34 heavy (non-hydrogen) atoms. The zero-order chi connectivity index (χ0) is 23.8. The van der Waals surface area contributed by atoms with Crippen molar-refractivity contribution in [3.05, 3.63) is 77.5 Å². The first kappa shape index (κ1) is 21.7. The molecule has 2 aliphatic rings. The van der Waals surface area contributed by atoms with Gasteiger partial charge in [-0.3, -0.25) is 19.4 Å². The second-order valence-corrected chi connectivity index (χ2v) is 8.14. The molecule has 2 fully saturated rings. The summed E-state index contributed by atoms with van der Waals surface area (Å²) in [4.78, 5) is 59.1. The van der Waals surface area contributed by atoms with Crippen molar-refractivity contribution in [3.63, 3.8) is 0 Å². The summed E-state index contributed by atoms with van der Waals surface area (Å²) in [6.07, 6.45) is 2.91. The maximum absolute atomic E-state index is 13.2. The molecule has 3 aromatic rings. The number of amides is 5. The summed E-state index contributed by atoms with van der Waals surface area (Å²) >= 11 is 6.41. The number of benzene rings is 1. The van der Waals surface area contributed by atoms with Gasteiger partial charge in [-0.05, 0) is 42.5 Å². The number of furan rings is 1. The molecule has 1 aromatic carbocycles. The Morgan fingerprint density at radius 2 is 1.94 bits per heavy atom. The average molecular weight is 480 g/mol. The highest BCUT2D eigenvalue weighted by Gasteiger charge is 2.49. The van der Waals surface area contributed by atoms with Crippen LogP contribution >= 0.6 is 11.6 Å². The quantitative estimate of drug-likeness (QED) is 0.575. The van der Waals surface area contributed by atoms with Gasteiger partial charge in [-0.2, -0.15) is 0 Å². The Balaban J connectivity index is 1.33. The van der Waals surface area contributed by atoms with Crippen LogP contribution in [-0.2, 0) is 4.79 Å². The number of rotatable bonds is 4. The minimum Gasteiger partial charge on any atom is -0.459 e. The van der Waals surface area contributed by atoms with E-state index in [-0.39, 0.29) is 47.7 Å². The molecular formula is C23H18ClN5O5. The highest BCUT2D eigenvalue weighted by atomic mass is 35.5. The molecular weight excluding hydrogens is 462 g/mol. The number of hydrogen-bond donors (Lipinski definition) is 1. The van der Waals surface area contributed by atoms with Crippen molar-refractivity contribution in [2.45, 2.75) is 6.04 Å². The van der Waals surface area contributed by atoms with Crippen LogP contribution in [0.5, 0.6) is 0 Å². The van der Waals surface area contributed by atoms with Crippen LogP contribution < -0.4 is 10.2 Å². The maximum Gasteiger partial charge on any atom is 0.332 e. The van der Waals surface area contributed by atoms with E-state index in [0.717, 1.165) is 4.90 Å². The summed E-state index contributed by atoms with van der Waals surface area (Å²) in [6, 6.07) is 11.3. The third-order valence-electron chi connectivity index (χ3n) is 5.69. The first-order chi connectivity index (χ1) is 16.4. The second kappa shape index (κ2) is 8.64. The lowest BCUT2D eigenvalue weighted by atomic mass is 10.1. The van der Waals surface area contributed by atoms with Crippen molar-refractivity contribution in [3.8, 4) is 0 Å². The van der Waals surface area contributed by atoms with E-state index in [1.807, 2.05) is 0 Å². The summed E-state index contributed by atoms with van der Waals surface area (Å²) < 4.78 is 5.16. The van der Waals surface area contributed by atoms with E-state index in [4.69, 9.17) is 16.0 Å². The zero-order valence-electron chi connectivity index (χ0n) is 17.7. The molecule has 10 nitrogen and oxygen atoms in total. The molecule has 2 saturated heterocycles. The van der Waals surface area contributed by atoms with Gasteiger partial charge in [0.05, 0.1) is 23.5 Å². The van der Waals surface area contributed by atoms with Gasteiger partial charge in [0.25, 0.3) is 17.7 Å². The van der Waals surface area contributed by atoms with Gasteiger partial charge in [-0.25, -0.2) is 9.69 Å². The van der Waals surface area contributed by atoms with Gasteiger partial charge in [0.15, 0.2) is 5.76 Å². The normalized spacial score (nSPS) is 17.7. The maximum atomic E-state index is 13.2. The van der Waals surface area contributed by atoms with E-state index in [2.05, 4.69) is 10.3 Å². The number of aromatic nitrogens is 1. The zero-order valence-corrected chi connectivity index (χ0v) is 18.4. The number of nitrogens with zero attached hydrogens (tertiary/aromatic N) is 4. The predicted octanol–water partition coefficient (Wildman–Crippen LogP) is 2.87. The Hall–Kier alpha value is -4.18. The van der Waals surface area contributed by atoms with Gasteiger partial charge in [0.2, 0.25) is 0 Å². The van der Waals surface area contributed by atoms with Gasteiger partial charge in [-0.1, -0.05) is 17.7 Å². The Morgan fingerprint density at radius 1 is 1.09 bits per heavy atom. The third-order valence-corrected chi connectivity index (χ3v) is 5.99. The molecule has 0 bridgehead atoms. The fourth-order valence-electron chi connectivity index (χ4n) is 4.02. The number of carbonyl (C=O) groups excluding carboxylic acids is 4. The van der Waals surface area contributed by atoms with E-state index < -0.39 is 23.9 Å². The third kappa shape index (κ3) is 3.77. The van der Waals surface area contributed by atoms with E-state index >= 15 is 0 Å². The molecule has 5 rings (SSSR count). The number of pyridine rings is 1. The molecule has 0 saturated carbocycles. The van der Waals surface area contributed by atoms with Crippen molar-refractivity contribution in [2.24, 2.45) is 0 Å². The summed E-state index contributed by atoms with van der Waals surface area (Å²) in [5.74, 6) is -1.06. The average Bonchev–Trinajstić information content (AvgIpc) is 3.47. The first-order valence-corrected chi connectivity index (χ1v) is 10.8. The van der Waals surface area contributed by atoms with Crippen LogP contribution in [0.3, 0.4) is 0 Å². The van der Waals surface area contributed by atoms with Crippen molar-refractivity contribution in [1.82, 2.24) is 14.8 Å². The lowest BCUT2D eigenvalue weighted by Crippen LogP contribution is -2.54. The Morgan fingerprint density at radius 3 is 2.65 bits per heavy atom. The standard InChI is InChI=1S/C23H18ClN5O5/c24-15-12-14(26-20(30)16-4-1-2-8-25-16)6-7-17(15)29-21(31)18-13-27(9-10-28(18)23(29)33)22(32)19-5-3-11-34-19/h1-8,11-12,18H,9-10,13H2,(H,26,30). The van der Waals surface area contributed by atoms with Crippen LogP contribution in [0.15, 0.2) is 65.4 Å². The van der Waals surface area contributed by atoms with Crippen LogP contribution in [0.1, 0.15) is 21.0 Å². The molecule has 4 heterocycles. The highest BCUT2D eigenvalue weighted by molar-refractivity contribution is 6.36. The fourth-order valence-corrected chi connectivity index (χ4v) is 4.28. The molecule has 0 spiro atoms. The molecule has 2 aliphatic heterocycles. The summed E-state index contributed by atoms with van der Waals surface area (Å²) in [5.41, 5.74) is 0.820. The van der Waals surface area contributed by atoms with E-state index in [0.29, 0.717) is 5.69 Å². The topological polar surface area (TPSA) is 116 Å². The minimum absolute atomic E-state index is 0.0520. The van der Waals surface area contributed by atoms with Crippen LogP contribution in [-0.4, -0.2) is 64.2 Å². The smallest absolute Gasteiger partial charge is 0.332 e. The second-order valence-electron chi connectivity index (χ2n) is 7.73. The fraction of sp³-hybridized carbons (Fsp3) is 0.174. The van der Waals surface area contributed by atoms with Crippen molar-refractivity contribution < 1.29 is 23.6 Å². The number of fused-ring (bicyclic) bond motifs is 1. The Bertz CT molecular complexity index is 1280. The molecule has 1 unspecified atom stereocenters. The van der Waals surface area contributed by atoms with Gasteiger partial charge >= 0.3 is 6.03 Å². The van der Waals surface area contributed by atoms with E-state index in [1.165, 1.54) is 34.4 Å². The van der Waals surface area contributed by atoms with Gasteiger partial charge in [0.1, 0.15) is 11.7 Å². The number of carbonyl (C=O) groups is 4. The first-order valence-electron chi connectivity index (χ1n) is 10.4. The monoisotopic (exact) mass is 479 g/mol. The largest absolute Gasteiger partial charge is 0.459 e. The summed E-state index contributed by atoms with van der Waals surface area (Å²) in [5, 5.41) is 2.80. The Kier molecular flexibility index (Phi) is 5.50. The SMILES string of the molecule is O=C(Nc1ccc(N2C(=O)C3CN(C(=O)c4ccco4)CCN3C2=O)c(Cl)c1)c1ccccn1. The molecule has 2 aromatic heterocycles. The summed E-state index contributed by atoms with van der Waals surface area (Å²) in [7, 11) is 0. The molecule has 172 valence electrons. The minimum atomic E-state index is -0.820. The number of anilines is 2. The van der Waals surface area contributed by atoms with Crippen molar-refractivity contribution in [2.75, 3.05) is 29.9 Å². The van der Waals surface area contributed by atoms with Gasteiger partial charge < -0.3 is 19.5 Å². The lowest BCUT2D eigenvalue weighted by Gasteiger charge is -2.34. The van der Waals surface area contributed by atoms with Crippen molar-refractivity contribution >= 4 is 46.7 Å². The number of urea groups is 1. The summed E-state index contributed by atoms with van der Waals surface area (Å²) in [6.45, 7) is 0.527. The van der Waals surface area contributed by atoms with Gasteiger partial charge in [0, 0.05) is 25.0 Å². The van der Waals surface area contributed by atoms with Crippen LogP contribution in [0, 0.1) is 0 Å². The number of imide groups is 1. The van der Waals surface area contributed by atoms with Crippen LogP contribution in [0.25, 0.3) is 0 Å². The molecule has 0 aliphatic carbocycles. The van der Waals surface area contributed by atoms with E-state index in [9.17, 15) is 19.2 Å². The van der Waals surface area contributed by atoms with Crippen LogP contribution in [0.2, 0.25) is 5.02 Å². The Labute approximate surface area is 198 Å². The van der Waals surface area contributed by atoms with Crippen LogP contribution in [0.4, 0.5) is 16.2 Å². The number of nitrogens with one attached hydrogen (secondary N) is 1. The van der Waals surface area contributed by atoms with Gasteiger partial charge in [-0.15, -0.1) is 0 Å². The number of piperazine rings is 1. The molecule has 5 amide bonds. The predicted molar refractivity (Wildman–Crippen MR) is 122 cm³/mol. The highest BCUT2D eigenvalue weighted by Crippen LogP contribution is 2.34. The molecule has 0 radical (unpaired) electrons.